The molecule has 4 aliphatic carbocycles. The molecule has 0 aromatic rings. The predicted molar refractivity (Wildman–Crippen MR) is 127 cm³/mol. The largest absolute Gasteiger partial charge is 0.396 e. The van der Waals surface area contributed by atoms with E-state index in [0.29, 0.717) is 36.5 Å². The molecule has 3 fully saturated rings. The van der Waals surface area contributed by atoms with Crippen LogP contribution < -0.4 is 0 Å². The summed E-state index contributed by atoms with van der Waals surface area (Å²) >= 11 is 0. The molecule has 4 nitrogen and oxygen atoms in total. The lowest BCUT2D eigenvalue weighted by Crippen LogP contribution is -2.56. The smallest absolute Gasteiger partial charge is 0.155 e. The van der Waals surface area contributed by atoms with E-state index in [1.807, 2.05) is 19.1 Å². The first-order valence-electron chi connectivity index (χ1n) is 12.9. The minimum absolute atomic E-state index is 0.0181. The van der Waals surface area contributed by atoms with E-state index in [1.54, 1.807) is 0 Å². The number of fused-ring (bicyclic) bond motifs is 5. The number of carbonyl (C=O) groups is 1. The van der Waals surface area contributed by atoms with Crippen molar-refractivity contribution in [1.29, 1.82) is 0 Å². The molecular formula is C28H44O4. The third-order valence-corrected chi connectivity index (χ3v) is 10.4. The minimum atomic E-state index is -1.16. The molecule has 0 aromatic carbocycles. The van der Waals surface area contributed by atoms with Crippen molar-refractivity contribution in [3.8, 4) is 0 Å². The van der Waals surface area contributed by atoms with Crippen molar-refractivity contribution in [3.05, 3.63) is 23.8 Å². The molecule has 0 aromatic heterocycles. The Balaban J connectivity index is 1.65. The van der Waals surface area contributed by atoms with Gasteiger partial charge in [-0.2, -0.15) is 0 Å². The molecule has 0 aliphatic heterocycles. The fourth-order valence-corrected chi connectivity index (χ4v) is 8.32. The fraction of sp³-hybridized carbons (Fsp3) is 0.821. The Labute approximate surface area is 194 Å². The normalized spacial score (nSPS) is 44.6. The Hall–Kier alpha value is -0.970. The summed E-state index contributed by atoms with van der Waals surface area (Å²) in [6.45, 7) is 10.7. The lowest BCUT2D eigenvalue weighted by molar-refractivity contribution is -0.132. The van der Waals surface area contributed by atoms with E-state index in [9.17, 15) is 20.1 Å². The fourth-order valence-electron chi connectivity index (χ4n) is 8.32. The van der Waals surface area contributed by atoms with E-state index < -0.39 is 17.1 Å². The molecule has 4 heteroatoms. The highest BCUT2D eigenvalue weighted by Gasteiger charge is 2.65. The van der Waals surface area contributed by atoms with Crippen LogP contribution >= 0.6 is 0 Å². The van der Waals surface area contributed by atoms with Crippen LogP contribution in [-0.4, -0.2) is 39.4 Å². The maximum absolute atomic E-state index is 12.1. The average Bonchev–Trinajstić information content (AvgIpc) is 3.05. The van der Waals surface area contributed by atoms with Gasteiger partial charge in [0.2, 0.25) is 0 Å². The third kappa shape index (κ3) is 3.65. The third-order valence-electron chi connectivity index (χ3n) is 10.4. The Kier molecular flexibility index (Phi) is 6.31. The van der Waals surface area contributed by atoms with Crippen molar-refractivity contribution in [2.75, 3.05) is 6.61 Å². The van der Waals surface area contributed by atoms with E-state index in [1.165, 1.54) is 5.57 Å². The maximum Gasteiger partial charge on any atom is 0.155 e. The molecule has 0 radical (unpaired) electrons. The van der Waals surface area contributed by atoms with Crippen LogP contribution in [0.4, 0.5) is 0 Å². The number of hydrogen-bond donors (Lipinski definition) is 3. The maximum atomic E-state index is 12.1. The molecule has 9 unspecified atom stereocenters. The van der Waals surface area contributed by atoms with Gasteiger partial charge in [-0.3, -0.25) is 4.79 Å². The summed E-state index contributed by atoms with van der Waals surface area (Å²) in [7, 11) is 0. The number of ketones is 1. The highest BCUT2D eigenvalue weighted by Crippen LogP contribution is 2.67. The summed E-state index contributed by atoms with van der Waals surface area (Å²) in [5.41, 5.74) is -0.207. The van der Waals surface area contributed by atoms with Gasteiger partial charge in [0.25, 0.3) is 0 Å². The van der Waals surface area contributed by atoms with Crippen LogP contribution in [0.5, 0.6) is 0 Å². The van der Waals surface area contributed by atoms with Gasteiger partial charge in [-0.05, 0) is 86.5 Å². The molecule has 3 N–H and O–H groups in total. The highest BCUT2D eigenvalue weighted by atomic mass is 16.3. The molecule has 4 rings (SSSR count). The number of allylic oxidation sites excluding steroid dienone is 2. The van der Waals surface area contributed by atoms with E-state index in [0.717, 1.165) is 32.1 Å². The molecule has 3 saturated carbocycles. The zero-order chi connectivity index (χ0) is 23.5. The van der Waals surface area contributed by atoms with Crippen molar-refractivity contribution in [2.24, 2.45) is 46.3 Å². The molecular weight excluding hydrogens is 400 g/mol. The summed E-state index contributed by atoms with van der Waals surface area (Å²) in [4.78, 5) is 12.1. The molecule has 0 heterocycles. The number of aliphatic hydroxyl groups excluding tert-OH is 2. The van der Waals surface area contributed by atoms with Crippen molar-refractivity contribution in [1.82, 2.24) is 0 Å². The quantitative estimate of drug-likeness (QED) is 0.538. The SMILES string of the molecule is CC(C)C(C)C=CC(C)(O)C1C(O)CC2C3CCC4=CC(=O)CCC4(C)C3CCC21CO. The van der Waals surface area contributed by atoms with Crippen LogP contribution in [0, 0.1) is 46.3 Å². The second kappa shape index (κ2) is 8.36. The molecule has 180 valence electrons. The molecule has 9 atom stereocenters. The minimum Gasteiger partial charge on any atom is -0.396 e. The second-order valence-corrected chi connectivity index (χ2v) is 12.4. The van der Waals surface area contributed by atoms with E-state index in [-0.39, 0.29) is 29.6 Å². The predicted octanol–water partition coefficient (Wildman–Crippen LogP) is 4.68. The van der Waals surface area contributed by atoms with Crippen LogP contribution in [0.25, 0.3) is 0 Å². The number of rotatable bonds is 5. The average molecular weight is 445 g/mol. The van der Waals surface area contributed by atoms with Gasteiger partial charge in [0, 0.05) is 24.4 Å². The molecule has 0 spiro atoms. The number of hydrogen-bond acceptors (Lipinski definition) is 4. The van der Waals surface area contributed by atoms with E-state index in [2.05, 4.69) is 33.8 Å². The first-order chi connectivity index (χ1) is 15.0. The van der Waals surface area contributed by atoms with Gasteiger partial charge in [-0.25, -0.2) is 0 Å². The van der Waals surface area contributed by atoms with E-state index in [4.69, 9.17) is 0 Å². The van der Waals surface area contributed by atoms with Gasteiger partial charge in [0.05, 0.1) is 11.7 Å². The zero-order valence-corrected chi connectivity index (χ0v) is 20.7. The van der Waals surface area contributed by atoms with Crippen molar-refractivity contribution >= 4 is 5.78 Å². The topological polar surface area (TPSA) is 77.8 Å². The molecule has 4 aliphatic rings. The van der Waals surface area contributed by atoms with Crippen molar-refractivity contribution in [3.63, 3.8) is 0 Å². The molecule has 0 amide bonds. The summed E-state index contributed by atoms with van der Waals surface area (Å²) < 4.78 is 0. The van der Waals surface area contributed by atoms with Crippen LogP contribution in [-0.2, 0) is 4.79 Å². The van der Waals surface area contributed by atoms with Crippen LogP contribution in [0.1, 0.15) is 79.6 Å². The monoisotopic (exact) mass is 444 g/mol. The standard InChI is InChI=1S/C28H44O4/c1-17(2)18(3)8-12-27(5,32)25-24(31)15-23-21-7-6-19-14-20(30)9-11-26(19,4)22(21)10-13-28(23,25)16-29/h8,12,14,17-18,21-25,29,31-32H,6-7,9-11,13,15-16H2,1-5H3. The van der Waals surface area contributed by atoms with Crippen molar-refractivity contribution < 1.29 is 20.1 Å². The first-order valence-corrected chi connectivity index (χ1v) is 12.9. The summed E-state index contributed by atoms with van der Waals surface area (Å²) in [6.07, 6.45) is 11.3. The van der Waals surface area contributed by atoms with Crippen LogP contribution in [0.2, 0.25) is 0 Å². The van der Waals surface area contributed by atoms with Gasteiger partial charge >= 0.3 is 0 Å². The Morgan fingerprint density at radius 3 is 2.56 bits per heavy atom. The molecule has 0 bridgehead atoms. The van der Waals surface area contributed by atoms with Crippen LogP contribution in [0.15, 0.2) is 23.8 Å². The highest BCUT2D eigenvalue weighted by molar-refractivity contribution is 5.91. The summed E-state index contributed by atoms with van der Waals surface area (Å²) in [6, 6.07) is 0. The Morgan fingerprint density at radius 2 is 1.91 bits per heavy atom. The lowest BCUT2D eigenvalue weighted by Gasteiger charge is -2.59. The second-order valence-electron chi connectivity index (χ2n) is 12.4. The summed E-state index contributed by atoms with van der Waals surface area (Å²) in [5, 5.41) is 33.7. The van der Waals surface area contributed by atoms with Gasteiger partial charge in [0.15, 0.2) is 5.78 Å². The molecule has 32 heavy (non-hydrogen) atoms. The number of carbonyl (C=O) groups excluding carboxylic acids is 1. The van der Waals surface area contributed by atoms with Gasteiger partial charge in [0.1, 0.15) is 0 Å². The van der Waals surface area contributed by atoms with Gasteiger partial charge in [-0.1, -0.05) is 45.4 Å². The lowest BCUT2D eigenvalue weighted by atomic mass is 9.46. The Morgan fingerprint density at radius 1 is 1.19 bits per heavy atom. The van der Waals surface area contributed by atoms with E-state index >= 15 is 0 Å². The van der Waals surface area contributed by atoms with Gasteiger partial charge < -0.3 is 15.3 Å². The van der Waals surface area contributed by atoms with Gasteiger partial charge in [-0.15, -0.1) is 0 Å². The number of aliphatic hydroxyl groups is 3. The van der Waals surface area contributed by atoms with Crippen LogP contribution in [0.3, 0.4) is 0 Å². The molecule has 0 saturated heterocycles. The zero-order valence-electron chi connectivity index (χ0n) is 20.7. The Bertz CT molecular complexity index is 795. The van der Waals surface area contributed by atoms with Crippen molar-refractivity contribution in [2.45, 2.75) is 91.3 Å². The first kappa shape index (κ1) is 24.2. The summed E-state index contributed by atoms with van der Waals surface area (Å²) in [5.74, 6) is 1.87.